The van der Waals surface area contributed by atoms with Crippen LogP contribution in [0.25, 0.3) is 16.9 Å². The van der Waals surface area contributed by atoms with E-state index in [1.54, 1.807) is 16.9 Å². The van der Waals surface area contributed by atoms with Gasteiger partial charge in [0.15, 0.2) is 0 Å². The zero-order valence-corrected chi connectivity index (χ0v) is 12.0. The van der Waals surface area contributed by atoms with E-state index in [2.05, 4.69) is 21.0 Å². The number of anilines is 1. The summed E-state index contributed by atoms with van der Waals surface area (Å²) in [6, 6.07) is 14.1. The minimum Gasteiger partial charge on any atom is -0.396 e. The highest BCUT2D eigenvalue weighted by molar-refractivity contribution is 9.10. The minimum absolute atomic E-state index is 0.304. The standard InChI is InChI=1S/C15H11BrFN3/c16-13-8-10(17)6-7-12(13)15-14(18)9-20(19-15)11-4-2-1-3-5-11/h1-9H,18H2. The van der Waals surface area contributed by atoms with Crippen LogP contribution in [0.2, 0.25) is 0 Å². The average molecular weight is 332 g/mol. The molecule has 100 valence electrons. The van der Waals surface area contributed by atoms with E-state index < -0.39 is 0 Å². The van der Waals surface area contributed by atoms with Crippen molar-refractivity contribution in [2.75, 3.05) is 5.73 Å². The van der Waals surface area contributed by atoms with E-state index in [9.17, 15) is 4.39 Å². The summed E-state index contributed by atoms with van der Waals surface area (Å²) >= 11 is 3.34. The van der Waals surface area contributed by atoms with Gasteiger partial charge in [-0.05, 0) is 46.3 Å². The van der Waals surface area contributed by atoms with E-state index in [4.69, 9.17) is 5.73 Å². The molecule has 0 bridgehead atoms. The third-order valence-corrected chi connectivity index (χ3v) is 3.61. The zero-order chi connectivity index (χ0) is 14.1. The van der Waals surface area contributed by atoms with Crippen molar-refractivity contribution in [3.05, 3.63) is 65.0 Å². The summed E-state index contributed by atoms with van der Waals surface area (Å²) in [5.41, 5.74) is 8.87. The molecule has 20 heavy (non-hydrogen) atoms. The number of halogens is 2. The van der Waals surface area contributed by atoms with Gasteiger partial charge >= 0.3 is 0 Å². The van der Waals surface area contributed by atoms with Gasteiger partial charge in [0.1, 0.15) is 11.5 Å². The van der Waals surface area contributed by atoms with Gasteiger partial charge in [0.05, 0.1) is 17.6 Å². The highest BCUT2D eigenvalue weighted by Gasteiger charge is 2.13. The zero-order valence-electron chi connectivity index (χ0n) is 10.4. The Morgan fingerprint density at radius 2 is 1.85 bits per heavy atom. The van der Waals surface area contributed by atoms with Crippen molar-refractivity contribution in [3.63, 3.8) is 0 Å². The van der Waals surface area contributed by atoms with Gasteiger partial charge < -0.3 is 5.73 Å². The molecule has 0 radical (unpaired) electrons. The van der Waals surface area contributed by atoms with Gasteiger partial charge in [-0.1, -0.05) is 18.2 Å². The highest BCUT2D eigenvalue weighted by atomic mass is 79.9. The molecular weight excluding hydrogens is 321 g/mol. The SMILES string of the molecule is Nc1cn(-c2ccccc2)nc1-c1ccc(F)cc1Br. The van der Waals surface area contributed by atoms with Crippen molar-refractivity contribution in [2.45, 2.75) is 0 Å². The molecule has 2 N–H and O–H groups in total. The first-order valence-corrected chi connectivity index (χ1v) is 6.80. The Balaban J connectivity index is 2.10. The van der Waals surface area contributed by atoms with Gasteiger partial charge in [0.25, 0.3) is 0 Å². The molecule has 0 spiro atoms. The summed E-state index contributed by atoms with van der Waals surface area (Å²) in [6.45, 7) is 0. The number of nitrogens with two attached hydrogens (primary N) is 1. The lowest BCUT2D eigenvalue weighted by atomic mass is 10.1. The highest BCUT2D eigenvalue weighted by Crippen LogP contribution is 2.32. The van der Waals surface area contributed by atoms with Crippen molar-refractivity contribution >= 4 is 21.6 Å². The number of hydrogen-bond donors (Lipinski definition) is 1. The predicted molar refractivity (Wildman–Crippen MR) is 81.1 cm³/mol. The van der Waals surface area contributed by atoms with Crippen molar-refractivity contribution in [3.8, 4) is 16.9 Å². The van der Waals surface area contributed by atoms with Crippen LogP contribution in [0.3, 0.4) is 0 Å². The van der Waals surface area contributed by atoms with Gasteiger partial charge in [-0.2, -0.15) is 5.10 Å². The summed E-state index contributed by atoms with van der Waals surface area (Å²) in [6.07, 6.45) is 1.75. The summed E-state index contributed by atoms with van der Waals surface area (Å²) in [4.78, 5) is 0. The Morgan fingerprint density at radius 3 is 2.55 bits per heavy atom. The van der Waals surface area contributed by atoms with Crippen LogP contribution in [-0.4, -0.2) is 9.78 Å². The summed E-state index contributed by atoms with van der Waals surface area (Å²) in [5, 5.41) is 4.48. The minimum atomic E-state index is -0.304. The number of aromatic nitrogens is 2. The second-order valence-electron chi connectivity index (χ2n) is 4.34. The molecule has 0 aliphatic heterocycles. The van der Waals surface area contributed by atoms with Crippen LogP contribution < -0.4 is 5.73 Å². The lowest BCUT2D eigenvalue weighted by molar-refractivity contribution is 0.627. The van der Waals surface area contributed by atoms with Crippen molar-refractivity contribution in [2.24, 2.45) is 0 Å². The lowest BCUT2D eigenvalue weighted by Crippen LogP contribution is -1.94. The molecule has 5 heteroatoms. The molecule has 0 saturated heterocycles. The van der Waals surface area contributed by atoms with Gasteiger partial charge in [-0.3, -0.25) is 0 Å². The van der Waals surface area contributed by atoms with E-state index in [0.717, 1.165) is 11.3 Å². The number of benzene rings is 2. The van der Waals surface area contributed by atoms with Gasteiger partial charge in [-0.25, -0.2) is 9.07 Å². The Morgan fingerprint density at radius 1 is 1.10 bits per heavy atom. The topological polar surface area (TPSA) is 43.8 Å². The molecule has 3 aromatic rings. The largest absolute Gasteiger partial charge is 0.396 e. The maximum atomic E-state index is 13.1. The van der Waals surface area contributed by atoms with Crippen molar-refractivity contribution < 1.29 is 4.39 Å². The summed E-state index contributed by atoms with van der Waals surface area (Å²) in [7, 11) is 0. The summed E-state index contributed by atoms with van der Waals surface area (Å²) in [5.74, 6) is -0.304. The Bertz CT molecular complexity index is 753. The van der Waals surface area contributed by atoms with E-state index in [-0.39, 0.29) is 5.82 Å². The molecule has 0 aliphatic carbocycles. The molecule has 1 aromatic heterocycles. The molecular formula is C15H11BrFN3. The Hall–Kier alpha value is -2.14. The molecule has 2 aromatic carbocycles. The molecule has 0 atom stereocenters. The first kappa shape index (κ1) is 12.9. The van der Waals surface area contributed by atoms with Gasteiger partial charge in [0, 0.05) is 10.0 Å². The number of nitrogens with zero attached hydrogens (tertiary/aromatic N) is 2. The van der Waals surface area contributed by atoms with Crippen LogP contribution >= 0.6 is 15.9 Å². The summed E-state index contributed by atoms with van der Waals surface area (Å²) < 4.78 is 15.5. The molecule has 0 unspecified atom stereocenters. The number of nitrogen functional groups attached to an aromatic ring is 1. The van der Waals surface area contributed by atoms with Crippen LogP contribution in [0.15, 0.2) is 59.2 Å². The van der Waals surface area contributed by atoms with Crippen molar-refractivity contribution in [1.82, 2.24) is 9.78 Å². The Labute approximate surface area is 124 Å². The monoisotopic (exact) mass is 331 g/mol. The van der Waals surface area contributed by atoms with E-state index >= 15 is 0 Å². The van der Waals surface area contributed by atoms with Crippen LogP contribution in [0.1, 0.15) is 0 Å². The number of para-hydroxylation sites is 1. The molecule has 0 aliphatic rings. The Kier molecular flexibility index (Phi) is 3.28. The third kappa shape index (κ3) is 2.32. The second kappa shape index (κ2) is 5.09. The maximum Gasteiger partial charge on any atom is 0.124 e. The lowest BCUT2D eigenvalue weighted by Gasteiger charge is -2.02. The normalized spacial score (nSPS) is 10.7. The van der Waals surface area contributed by atoms with E-state index in [1.165, 1.54) is 12.1 Å². The molecule has 0 amide bonds. The molecule has 1 heterocycles. The second-order valence-corrected chi connectivity index (χ2v) is 5.19. The molecule has 3 nitrogen and oxygen atoms in total. The van der Waals surface area contributed by atoms with Crippen LogP contribution in [0, 0.1) is 5.82 Å². The van der Waals surface area contributed by atoms with Crippen LogP contribution in [0.4, 0.5) is 10.1 Å². The fourth-order valence-electron chi connectivity index (χ4n) is 1.99. The fourth-order valence-corrected chi connectivity index (χ4v) is 2.53. The van der Waals surface area contributed by atoms with Crippen LogP contribution in [0.5, 0.6) is 0 Å². The fraction of sp³-hybridized carbons (Fsp3) is 0. The van der Waals surface area contributed by atoms with Gasteiger partial charge in [-0.15, -0.1) is 0 Å². The first-order chi connectivity index (χ1) is 9.65. The number of rotatable bonds is 2. The molecule has 0 fully saturated rings. The van der Waals surface area contributed by atoms with E-state index in [0.29, 0.717) is 15.9 Å². The van der Waals surface area contributed by atoms with Gasteiger partial charge in [0.2, 0.25) is 0 Å². The maximum absolute atomic E-state index is 13.1. The molecule has 0 saturated carbocycles. The molecule has 3 rings (SSSR count). The average Bonchev–Trinajstić information content (AvgIpc) is 2.82. The first-order valence-electron chi connectivity index (χ1n) is 6.01. The van der Waals surface area contributed by atoms with Crippen LogP contribution in [-0.2, 0) is 0 Å². The predicted octanol–water partition coefficient (Wildman–Crippen LogP) is 4.02. The van der Waals surface area contributed by atoms with Crippen molar-refractivity contribution in [1.29, 1.82) is 0 Å². The third-order valence-electron chi connectivity index (χ3n) is 2.95. The number of hydrogen-bond acceptors (Lipinski definition) is 2. The quantitative estimate of drug-likeness (QED) is 0.770. The smallest absolute Gasteiger partial charge is 0.124 e. The van der Waals surface area contributed by atoms with E-state index in [1.807, 2.05) is 30.3 Å².